The fourth-order valence-corrected chi connectivity index (χ4v) is 6.58. The zero-order valence-electron chi connectivity index (χ0n) is 29.4. The molecule has 2 aliphatic heterocycles. The van der Waals surface area contributed by atoms with Crippen LogP contribution in [0.4, 0.5) is 66.8 Å². The number of rotatable bonds is 8. The number of hydrogen-bond acceptors (Lipinski definition) is 11. The van der Waals surface area contributed by atoms with Gasteiger partial charge in [-0.25, -0.2) is 23.4 Å². The van der Waals surface area contributed by atoms with Gasteiger partial charge < -0.3 is 26.6 Å². The predicted molar refractivity (Wildman–Crippen MR) is 199 cm³/mol. The summed E-state index contributed by atoms with van der Waals surface area (Å²) in [5.41, 5.74) is 2.71. The quantitative estimate of drug-likeness (QED) is 0.0758. The van der Waals surface area contributed by atoms with Crippen LogP contribution < -0.4 is 26.6 Å². The second-order valence-electron chi connectivity index (χ2n) is 12.7. The van der Waals surface area contributed by atoms with Gasteiger partial charge in [0.15, 0.2) is 9.84 Å². The number of benzene rings is 3. The Labute approximate surface area is 325 Å². The molecule has 13 nitrogen and oxygen atoms in total. The number of aromatic nitrogens is 4. The van der Waals surface area contributed by atoms with Crippen molar-refractivity contribution in [3.63, 3.8) is 0 Å². The highest BCUT2D eigenvalue weighted by molar-refractivity contribution is 7.90. The van der Waals surface area contributed by atoms with Crippen molar-refractivity contribution in [2.24, 2.45) is 0 Å². The normalized spacial score (nSPS) is 13.9. The van der Waals surface area contributed by atoms with Crippen LogP contribution in [0.15, 0.2) is 78.0 Å². The number of carbonyl (C=O) groups is 2. The lowest BCUT2D eigenvalue weighted by atomic mass is 10.0. The molecular weight excluding hydrogens is 804 g/mol. The average molecular weight is 834 g/mol. The van der Waals surface area contributed by atoms with Crippen molar-refractivity contribution in [1.29, 1.82) is 0 Å². The third kappa shape index (κ3) is 10.4. The average Bonchev–Trinajstić information content (AvgIpc) is 3.13. The standard InChI is InChI=1S/C22H20F3N5O3S.C14H10ClF3N4O/c1-34(32,33)16-4-2-3-13(9-16)11-26-20-17(22(23,24)25)12-27-21(30-20)28-15-6-7-18-14(10-15)5-8-19(31)29-18;15-12-9(14(16,17)18)6-19-13(22-12)20-8-2-3-10-7(5-8)1-4-11(23)21-10/h2-4,6-7,9-10,12H,5,8,11H2,1H3,(H,29,31)(H2,26,27,28,30);2-3,5-6H,1,4H2,(H,21,23)(H,19,20,22). The summed E-state index contributed by atoms with van der Waals surface area (Å²) < 4.78 is 102. The van der Waals surface area contributed by atoms with E-state index in [4.69, 9.17) is 11.6 Å². The first-order valence-electron chi connectivity index (χ1n) is 16.8. The number of sulfone groups is 1. The zero-order valence-corrected chi connectivity index (χ0v) is 31.0. The molecule has 0 aliphatic carbocycles. The van der Waals surface area contributed by atoms with Gasteiger partial charge >= 0.3 is 12.4 Å². The molecule has 0 atom stereocenters. The van der Waals surface area contributed by atoms with Crippen molar-refractivity contribution in [3.05, 3.63) is 106 Å². The largest absolute Gasteiger partial charge is 0.421 e. The van der Waals surface area contributed by atoms with Gasteiger partial charge in [0, 0.05) is 60.8 Å². The summed E-state index contributed by atoms with van der Waals surface area (Å²) in [4.78, 5) is 37.9. The summed E-state index contributed by atoms with van der Waals surface area (Å²) in [5.74, 6) is -0.656. The van der Waals surface area contributed by atoms with Gasteiger partial charge in [0.2, 0.25) is 23.7 Å². The van der Waals surface area contributed by atoms with Gasteiger partial charge in [-0.15, -0.1) is 0 Å². The number of aryl methyl sites for hydroxylation is 2. The summed E-state index contributed by atoms with van der Waals surface area (Å²) in [6.45, 7) is -0.0819. The van der Waals surface area contributed by atoms with Crippen LogP contribution in [0.5, 0.6) is 0 Å². The molecule has 0 fully saturated rings. The van der Waals surface area contributed by atoms with Crippen molar-refractivity contribution in [3.8, 4) is 0 Å². The van der Waals surface area contributed by atoms with Crippen molar-refractivity contribution < 1.29 is 44.3 Å². The van der Waals surface area contributed by atoms with Crippen molar-refractivity contribution in [2.75, 3.05) is 32.8 Å². The van der Waals surface area contributed by atoms with Crippen molar-refractivity contribution >= 4 is 73.7 Å². The van der Waals surface area contributed by atoms with E-state index in [0.717, 1.165) is 23.1 Å². The van der Waals surface area contributed by atoms with Crippen LogP contribution in [0.3, 0.4) is 0 Å². The molecule has 0 spiro atoms. The van der Waals surface area contributed by atoms with Crippen LogP contribution in [0.2, 0.25) is 5.15 Å². The molecule has 298 valence electrons. The van der Waals surface area contributed by atoms with Crippen LogP contribution >= 0.6 is 11.6 Å². The van der Waals surface area contributed by atoms with E-state index >= 15 is 0 Å². The number of hydrogen-bond donors (Lipinski definition) is 5. The number of amides is 2. The Morgan fingerprint density at radius 3 is 1.75 bits per heavy atom. The van der Waals surface area contributed by atoms with E-state index < -0.39 is 44.3 Å². The maximum atomic E-state index is 13.5. The molecule has 57 heavy (non-hydrogen) atoms. The summed E-state index contributed by atoms with van der Waals surface area (Å²) in [6, 6.07) is 16.2. The van der Waals surface area contributed by atoms with Gasteiger partial charge in [-0.2, -0.15) is 31.3 Å². The lowest BCUT2D eigenvalue weighted by molar-refractivity contribution is -0.138. The molecule has 5 N–H and O–H groups in total. The molecule has 2 aliphatic rings. The Morgan fingerprint density at radius 2 is 1.25 bits per heavy atom. The van der Waals surface area contributed by atoms with Crippen molar-refractivity contribution in [2.45, 2.75) is 49.5 Å². The summed E-state index contributed by atoms with van der Waals surface area (Å²) in [7, 11) is -3.46. The van der Waals surface area contributed by atoms with E-state index in [1.165, 1.54) is 18.2 Å². The maximum Gasteiger partial charge on any atom is 0.421 e. The van der Waals surface area contributed by atoms with E-state index in [-0.39, 0.29) is 35.2 Å². The highest BCUT2D eigenvalue weighted by atomic mass is 35.5. The lowest BCUT2D eigenvalue weighted by Crippen LogP contribution is -2.19. The second-order valence-corrected chi connectivity index (χ2v) is 15.1. The molecule has 5 aromatic rings. The molecule has 2 amide bonds. The monoisotopic (exact) mass is 833 g/mol. The van der Waals surface area contributed by atoms with E-state index in [1.54, 1.807) is 42.5 Å². The summed E-state index contributed by atoms with van der Waals surface area (Å²) in [5, 5.41) is 13.2. The lowest BCUT2D eigenvalue weighted by Gasteiger charge is -2.18. The van der Waals surface area contributed by atoms with E-state index in [1.807, 2.05) is 0 Å². The molecule has 0 radical (unpaired) electrons. The van der Waals surface area contributed by atoms with Crippen molar-refractivity contribution in [1.82, 2.24) is 19.9 Å². The number of carbonyl (C=O) groups excluding carboxylic acids is 2. The molecule has 3 aromatic carbocycles. The smallest absolute Gasteiger partial charge is 0.365 e. The predicted octanol–water partition coefficient (Wildman–Crippen LogP) is 7.92. The fraction of sp³-hybridized carbons (Fsp3) is 0.222. The van der Waals surface area contributed by atoms with E-state index in [0.29, 0.717) is 60.7 Å². The van der Waals surface area contributed by atoms with Gasteiger partial charge in [0.05, 0.1) is 4.90 Å². The van der Waals surface area contributed by atoms with Gasteiger partial charge in [-0.3, -0.25) is 9.59 Å². The number of nitrogens with zero attached hydrogens (tertiary/aromatic N) is 4. The molecule has 21 heteroatoms. The number of nitrogens with one attached hydrogen (secondary N) is 5. The Balaban J connectivity index is 0.000000208. The number of halogens is 7. The van der Waals surface area contributed by atoms with Crippen LogP contribution in [-0.4, -0.2) is 46.4 Å². The maximum absolute atomic E-state index is 13.5. The van der Waals surface area contributed by atoms with Crippen LogP contribution in [-0.2, 0) is 51.2 Å². The molecule has 0 bridgehead atoms. The Morgan fingerprint density at radius 1 is 0.719 bits per heavy atom. The number of anilines is 7. The minimum Gasteiger partial charge on any atom is -0.365 e. The molecule has 0 saturated carbocycles. The molecule has 0 unspecified atom stereocenters. The zero-order chi connectivity index (χ0) is 41.1. The molecule has 0 saturated heterocycles. The molecule has 4 heterocycles. The van der Waals surface area contributed by atoms with E-state index in [2.05, 4.69) is 46.5 Å². The first-order chi connectivity index (χ1) is 26.8. The SMILES string of the molecule is CS(=O)(=O)c1cccc(CNc2nc(Nc3ccc4c(c3)CCC(=O)N4)ncc2C(F)(F)F)c1.O=C1CCc2cc(Nc3ncc(C(F)(F)F)c(Cl)n3)ccc2N1. The van der Waals surface area contributed by atoms with Crippen LogP contribution in [0.25, 0.3) is 0 Å². The summed E-state index contributed by atoms with van der Waals surface area (Å²) >= 11 is 5.55. The Kier molecular flexibility index (Phi) is 11.6. The summed E-state index contributed by atoms with van der Waals surface area (Å²) in [6.07, 6.45) is -5.05. The molecule has 7 rings (SSSR count). The van der Waals surface area contributed by atoms with Gasteiger partial charge in [-0.1, -0.05) is 23.7 Å². The number of fused-ring (bicyclic) bond motifs is 2. The minimum absolute atomic E-state index is 0.0391. The van der Waals surface area contributed by atoms with E-state index in [9.17, 15) is 44.3 Å². The Hall–Kier alpha value is -6.02. The fourth-order valence-electron chi connectivity index (χ4n) is 5.65. The topological polar surface area (TPSA) is 180 Å². The third-order valence-electron chi connectivity index (χ3n) is 8.44. The highest BCUT2D eigenvalue weighted by Crippen LogP contribution is 2.36. The highest BCUT2D eigenvalue weighted by Gasteiger charge is 2.36. The molecular formula is C36H30ClF6N9O4S. The third-order valence-corrected chi connectivity index (χ3v) is 9.84. The second kappa shape index (κ2) is 16.2. The first kappa shape index (κ1) is 40.6. The van der Waals surface area contributed by atoms with Gasteiger partial charge in [0.25, 0.3) is 0 Å². The van der Waals surface area contributed by atoms with Gasteiger partial charge in [-0.05, 0) is 78.1 Å². The van der Waals surface area contributed by atoms with Crippen LogP contribution in [0, 0.1) is 0 Å². The Bertz CT molecular complexity index is 2470. The first-order valence-corrected chi connectivity index (χ1v) is 19.1. The van der Waals surface area contributed by atoms with Gasteiger partial charge in [0.1, 0.15) is 22.1 Å². The molecule has 2 aromatic heterocycles. The minimum atomic E-state index is -4.69. The number of alkyl halides is 6. The van der Waals surface area contributed by atoms with Crippen LogP contribution in [0.1, 0.15) is 40.7 Å².